The van der Waals surface area contributed by atoms with Gasteiger partial charge in [0.05, 0.1) is 29.4 Å². The van der Waals surface area contributed by atoms with Crippen LogP contribution in [0.3, 0.4) is 0 Å². The summed E-state index contributed by atoms with van der Waals surface area (Å²) in [6.07, 6.45) is 15.4. The van der Waals surface area contributed by atoms with Gasteiger partial charge in [-0.05, 0) is 101 Å². The van der Waals surface area contributed by atoms with Crippen molar-refractivity contribution in [2.45, 2.75) is 84.0 Å². The Morgan fingerprint density at radius 1 is 1.07 bits per heavy atom. The van der Waals surface area contributed by atoms with Crippen molar-refractivity contribution in [2.24, 2.45) is 5.92 Å². The van der Waals surface area contributed by atoms with Gasteiger partial charge in [-0.3, -0.25) is 14.7 Å². The number of sulfonamides is 1. The number of nitrogens with zero attached hydrogens (tertiary/aromatic N) is 5. The Labute approximate surface area is 268 Å². The minimum absolute atomic E-state index is 0.00663. The number of hydrogen-bond donors (Lipinski definition) is 1. The fourth-order valence-corrected chi connectivity index (χ4v) is 8.03. The number of likely N-dealkylation sites (tertiary alicyclic amines) is 1. The second-order valence-electron chi connectivity index (χ2n) is 13.1. The number of piperidine rings is 1. The molecule has 0 radical (unpaired) electrons. The zero-order valence-corrected chi connectivity index (χ0v) is 28.0. The van der Waals surface area contributed by atoms with E-state index in [0.29, 0.717) is 30.6 Å². The summed E-state index contributed by atoms with van der Waals surface area (Å²) >= 11 is 0. The van der Waals surface area contributed by atoms with Gasteiger partial charge in [-0.1, -0.05) is 6.08 Å². The van der Waals surface area contributed by atoms with E-state index < -0.39 is 15.8 Å². The minimum Gasteiger partial charge on any atom is -0.378 e. The average molecular weight is 641 g/mol. The van der Waals surface area contributed by atoms with E-state index in [9.17, 15) is 17.6 Å². The average Bonchev–Trinajstić information content (AvgIpc) is 3.20. The Morgan fingerprint density at radius 2 is 1.80 bits per heavy atom. The van der Waals surface area contributed by atoms with E-state index in [2.05, 4.69) is 42.7 Å². The highest BCUT2D eigenvalue weighted by Crippen LogP contribution is 2.36. The minimum atomic E-state index is -3.15. The van der Waals surface area contributed by atoms with E-state index in [1.807, 2.05) is 33.2 Å². The van der Waals surface area contributed by atoms with Crippen molar-refractivity contribution in [3.05, 3.63) is 65.9 Å². The number of carbonyl (C=O) groups excluding carboxylic acids is 1. The largest absolute Gasteiger partial charge is 0.378 e. The Morgan fingerprint density at radius 3 is 2.47 bits per heavy atom. The normalized spacial score (nSPS) is 22.1. The molecule has 0 atom stereocenters. The molecule has 1 amide bonds. The predicted octanol–water partition coefficient (Wildman–Crippen LogP) is 5.13. The molecule has 0 bridgehead atoms. The molecule has 45 heavy (non-hydrogen) atoms. The van der Waals surface area contributed by atoms with Gasteiger partial charge in [0, 0.05) is 63.6 Å². The number of fused-ring (bicyclic) bond motifs is 1. The number of carbonyl (C=O) groups is 1. The Balaban J connectivity index is 1.24. The lowest BCUT2D eigenvalue weighted by Gasteiger charge is -2.38. The van der Waals surface area contributed by atoms with Gasteiger partial charge in [-0.15, -0.1) is 0 Å². The number of nitrogens with one attached hydrogen (secondary N) is 1. The molecule has 5 rings (SSSR count). The van der Waals surface area contributed by atoms with Crippen LogP contribution in [-0.4, -0.2) is 91.1 Å². The second-order valence-corrected chi connectivity index (χ2v) is 14.9. The highest BCUT2D eigenvalue weighted by molar-refractivity contribution is 7.88. The van der Waals surface area contributed by atoms with Crippen LogP contribution in [0.15, 0.2) is 48.9 Å². The van der Waals surface area contributed by atoms with E-state index in [1.54, 1.807) is 11.0 Å². The number of halogens is 1. The maximum Gasteiger partial charge on any atom is 0.256 e. The van der Waals surface area contributed by atoms with Crippen LogP contribution < -0.4 is 9.62 Å². The molecule has 3 heterocycles. The summed E-state index contributed by atoms with van der Waals surface area (Å²) in [6.45, 7) is 10.8. The molecule has 9 nitrogen and oxygen atoms in total. The molecule has 3 aliphatic rings. The van der Waals surface area contributed by atoms with Crippen LogP contribution in [0.25, 0.3) is 0 Å². The number of anilines is 2. The van der Waals surface area contributed by atoms with Crippen molar-refractivity contribution in [1.82, 2.24) is 24.4 Å². The van der Waals surface area contributed by atoms with Gasteiger partial charge in [-0.25, -0.2) is 17.5 Å². The van der Waals surface area contributed by atoms with E-state index in [1.165, 1.54) is 18.4 Å². The van der Waals surface area contributed by atoms with Gasteiger partial charge >= 0.3 is 0 Å². The van der Waals surface area contributed by atoms with Gasteiger partial charge in [0.1, 0.15) is 5.82 Å². The van der Waals surface area contributed by atoms with E-state index in [-0.39, 0.29) is 18.0 Å². The standard InChI is InChI=1S/C34H49FN6O3S/c1-5-40(25(2)3)34(42)31-22-28(35)8-11-32(31)41-21-20-39(24-27-12-16-36-23-33(27)41)30-14-18-38(19-15-30)17-13-26-6-9-29(10-7-26)37-45(4,43)44/h8,11-13,16-17,22-23,25-26,29-30,37H,5-7,9-10,14-15,18-21,24H2,1-4H3/b17-13+. The molecule has 1 aromatic carbocycles. The zero-order chi connectivity index (χ0) is 32.1. The Hall–Kier alpha value is -3.02. The van der Waals surface area contributed by atoms with Crippen LogP contribution >= 0.6 is 0 Å². The van der Waals surface area contributed by atoms with Crippen LogP contribution in [0.2, 0.25) is 0 Å². The molecule has 1 N–H and O–H groups in total. The van der Waals surface area contributed by atoms with Crippen molar-refractivity contribution in [2.75, 3.05) is 43.9 Å². The molecule has 1 saturated carbocycles. The SMILES string of the molecule is CCN(C(=O)c1cc(F)ccc1N1CCN(C2CCN(/C=C/C3CCC(NS(C)(=O)=O)CC3)CC2)Cc2ccncc21)C(C)C. The second kappa shape index (κ2) is 14.6. The maximum absolute atomic E-state index is 14.5. The number of allylic oxidation sites excluding steroid dienone is 1. The fourth-order valence-electron chi connectivity index (χ4n) is 7.19. The van der Waals surface area contributed by atoms with Crippen molar-refractivity contribution in [1.29, 1.82) is 0 Å². The third kappa shape index (κ3) is 8.42. The first-order valence-corrected chi connectivity index (χ1v) is 18.4. The van der Waals surface area contributed by atoms with Crippen LogP contribution in [0.5, 0.6) is 0 Å². The Bertz CT molecular complexity index is 1450. The lowest BCUT2D eigenvalue weighted by atomic mass is 9.86. The number of rotatable bonds is 9. The van der Waals surface area contributed by atoms with Crippen molar-refractivity contribution < 1.29 is 17.6 Å². The topological polar surface area (TPSA) is 89.1 Å². The smallest absolute Gasteiger partial charge is 0.256 e. The van der Waals surface area contributed by atoms with Crippen molar-refractivity contribution in [3.63, 3.8) is 0 Å². The lowest BCUT2D eigenvalue weighted by molar-refractivity contribution is 0.0717. The molecule has 2 fully saturated rings. The third-order valence-corrected chi connectivity index (χ3v) is 10.4. The molecule has 1 aliphatic carbocycles. The Kier molecular flexibility index (Phi) is 10.8. The molecular weight excluding hydrogens is 591 g/mol. The van der Waals surface area contributed by atoms with Crippen LogP contribution in [0, 0.1) is 11.7 Å². The quantitative estimate of drug-likeness (QED) is 0.407. The first kappa shape index (κ1) is 33.3. The maximum atomic E-state index is 14.5. The summed E-state index contributed by atoms with van der Waals surface area (Å²) in [6, 6.07) is 7.14. The first-order valence-electron chi connectivity index (χ1n) is 16.5. The highest BCUT2D eigenvalue weighted by Gasteiger charge is 2.31. The number of pyridine rings is 1. The van der Waals surface area contributed by atoms with Crippen LogP contribution in [-0.2, 0) is 16.6 Å². The van der Waals surface area contributed by atoms with Crippen LogP contribution in [0.4, 0.5) is 15.8 Å². The summed E-state index contributed by atoms with van der Waals surface area (Å²) in [5, 5.41) is 0. The van der Waals surface area contributed by atoms with Gasteiger partial charge in [0.2, 0.25) is 10.0 Å². The van der Waals surface area contributed by atoms with Gasteiger partial charge in [0.25, 0.3) is 5.91 Å². The number of aromatic nitrogens is 1. The van der Waals surface area contributed by atoms with Gasteiger partial charge < -0.3 is 14.7 Å². The first-order chi connectivity index (χ1) is 21.5. The summed E-state index contributed by atoms with van der Waals surface area (Å²) in [5.74, 6) is -0.0787. The lowest BCUT2D eigenvalue weighted by Crippen LogP contribution is -2.44. The summed E-state index contributed by atoms with van der Waals surface area (Å²) < 4.78 is 40.4. The molecule has 2 aliphatic heterocycles. The molecule has 1 aromatic heterocycles. The fraction of sp³-hybridized carbons (Fsp3) is 0.588. The molecular formula is C34H49FN6O3S. The van der Waals surface area contributed by atoms with E-state index >= 15 is 0 Å². The third-order valence-electron chi connectivity index (χ3n) is 9.60. The van der Waals surface area contributed by atoms with Gasteiger partial charge in [0.15, 0.2) is 0 Å². The molecule has 246 valence electrons. The highest BCUT2D eigenvalue weighted by atomic mass is 32.2. The number of amides is 1. The molecule has 0 spiro atoms. The van der Waals surface area contributed by atoms with Crippen molar-refractivity contribution in [3.8, 4) is 0 Å². The van der Waals surface area contributed by atoms with Crippen molar-refractivity contribution >= 4 is 27.3 Å². The molecule has 2 aromatic rings. The van der Waals surface area contributed by atoms with E-state index in [4.69, 9.17) is 0 Å². The molecule has 11 heteroatoms. The summed E-state index contributed by atoms with van der Waals surface area (Å²) in [5.41, 5.74) is 3.23. The van der Waals surface area contributed by atoms with Crippen LogP contribution in [0.1, 0.15) is 75.2 Å². The predicted molar refractivity (Wildman–Crippen MR) is 177 cm³/mol. The molecule has 0 unspecified atom stereocenters. The monoisotopic (exact) mass is 640 g/mol. The van der Waals surface area contributed by atoms with E-state index in [0.717, 1.165) is 81.6 Å². The molecule has 1 saturated heterocycles. The number of benzene rings is 1. The van der Waals surface area contributed by atoms with Gasteiger partial charge in [-0.2, -0.15) is 0 Å². The summed E-state index contributed by atoms with van der Waals surface area (Å²) in [4.78, 5) is 27.0. The summed E-state index contributed by atoms with van der Waals surface area (Å²) in [7, 11) is -3.15. The zero-order valence-electron chi connectivity index (χ0n) is 27.2. The number of hydrogen-bond acceptors (Lipinski definition) is 7.